The molecular formula is C12H12BrClFNO3S. The molecule has 1 amide bonds. The van der Waals surface area contributed by atoms with Crippen molar-refractivity contribution >= 4 is 41.6 Å². The normalized spacial score (nSPS) is 20.6. The second kappa shape index (κ2) is 4.96. The predicted molar refractivity (Wildman–Crippen MR) is 76.8 cm³/mol. The molecule has 0 aromatic heterocycles. The fourth-order valence-electron chi connectivity index (χ4n) is 1.84. The van der Waals surface area contributed by atoms with Crippen LogP contribution >= 0.6 is 26.6 Å². The van der Waals surface area contributed by atoms with Crippen molar-refractivity contribution in [3.63, 3.8) is 0 Å². The molecule has 1 aliphatic rings. The highest BCUT2D eigenvalue weighted by Crippen LogP contribution is 2.44. The Kier molecular flexibility index (Phi) is 3.90. The Morgan fingerprint density at radius 3 is 2.50 bits per heavy atom. The van der Waals surface area contributed by atoms with Crippen molar-refractivity contribution in [1.29, 1.82) is 0 Å². The highest BCUT2D eigenvalue weighted by atomic mass is 79.9. The van der Waals surface area contributed by atoms with Gasteiger partial charge in [0.25, 0.3) is 15.0 Å². The smallest absolute Gasteiger partial charge is 0.262 e. The zero-order chi connectivity index (χ0) is 15.3. The van der Waals surface area contributed by atoms with Crippen LogP contribution in [0.4, 0.5) is 4.39 Å². The molecule has 1 atom stereocenters. The molecule has 0 radical (unpaired) electrons. The summed E-state index contributed by atoms with van der Waals surface area (Å²) in [4.78, 5) is 11.7. The number of carbonyl (C=O) groups is 1. The second-order valence-corrected chi connectivity index (χ2v) is 8.81. The molecule has 1 N–H and O–H groups in total. The van der Waals surface area contributed by atoms with Gasteiger partial charge in [0.2, 0.25) is 0 Å². The zero-order valence-electron chi connectivity index (χ0n) is 10.7. The van der Waals surface area contributed by atoms with Gasteiger partial charge in [-0.1, -0.05) is 13.8 Å². The van der Waals surface area contributed by atoms with E-state index in [0.29, 0.717) is 0 Å². The van der Waals surface area contributed by atoms with Crippen LogP contribution in [-0.4, -0.2) is 20.4 Å². The van der Waals surface area contributed by atoms with Gasteiger partial charge in [-0.05, 0) is 39.9 Å². The maximum atomic E-state index is 13.8. The summed E-state index contributed by atoms with van der Waals surface area (Å²) in [7, 11) is 1.18. The molecule has 1 aliphatic carbocycles. The Morgan fingerprint density at radius 2 is 2.05 bits per heavy atom. The van der Waals surface area contributed by atoms with Gasteiger partial charge in [0.05, 0.1) is 10.5 Å². The second-order valence-electron chi connectivity index (χ2n) is 5.42. The topological polar surface area (TPSA) is 63.2 Å². The van der Waals surface area contributed by atoms with Crippen molar-refractivity contribution in [2.24, 2.45) is 5.41 Å². The molecule has 4 nitrogen and oxygen atoms in total. The molecule has 1 saturated carbocycles. The van der Waals surface area contributed by atoms with Crippen LogP contribution in [-0.2, 0) is 9.05 Å². The molecule has 8 heteroatoms. The van der Waals surface area contributed by atoms with Crippen molar-refractivity contribution in [3.05, 3.63) is 28.0 Å². The first kappa shape index (κ1) is 15.7. The van der Waals surface area contributed by atoms with Crippen LogP contribution in [0, 0.1) is 11.2 Å². The van der Waals surface area contributed by atoms with Crippen molar-refractivity contribution in [2.45, 2.75) is 31.2 Å². The van der Waals surface area contributed by atoms with Crippen LogP contribution in [0.5, 0.6) is 0 Å². The third-order valence-electron chi connectivity index (χ3n) is 3.35. The van der Waals surface area contributed by atoms with Crippen molar-refractivity contribution < 1.29 is 17.6 Å². The number of benzene rings is 1. The highest BCUT2D eigenvalue weighted by Gasteiger charge is 2.46. The Morgan fingerprint density at radius 1 is 1.50 bits per heavy atom. The van der Waals surface area contributed by atoms with E-state index in [9.17, 15) is 17.6 Å². The van der Waals surface area contributed by atoms with Gasteiger partial charge in [0.15, 0.2) is 0 Å². The van der Waals surface area contributed by atoms with Gasteiger partial charge in [-0.3, -0.25) is 4.79 Å². The Bertz CT molecular complexity index is 690. The van der Waals surface area contributed by atoms with Gasteiger partial charge in [0, 0.05) is 21.2 Å². The van der Waals surface area contributed by atoms with Crippen LogP contribution in [0.1, 0.15) is 30.6 Å². The molecule has 0 bridgehead atoms. The molecule has 20 heavy (non-hydrogen) atoms. The van der Waals surface area contributed by atoms with E-state index in [4.69, 9.17) is 10.7 Å². The summed E-state index contributed by atoms with van der Waals surface area (Å²) in [5, 5.41) is 2.67. The number of amides is 1. The fourth-order valence-corrected chi connectivity index (χ4v) is 4.01. The molecule has 0 heterocycles. The molecular weight excluding hydrogens is 373 g/mol. The van der Waals surface area contributed by atoms with Crippen LogP contribution in [0.2, 0.25) is 0 Å². The molecule has 1 fully saturated rings. The summed E-state index contributed by atoms with van der Waals surface area (Å²) >= 11 is 2.91. The molecule has 1 unspecified atom stereocenters. The first-order valence-electron chi connectivity index (χ1n) is 5.77. The zero-order valence-corrected chi connectivity index (χ0v) is 13.9. The van der Waals surface area contributed by atoms with Gasteiger partial charge in [-0.15, -0.1) is 0 Å². The fraction of sp³-hybridized carbons (Fsp3) is 0.417. The lowest BCUT2D eigenvalue weighted by molar-refractivity contribution is 0.0942. The van der Waals surface area contributed by atoms with Gasteiger partial charge in [-0.25, -0.2) is 12.8 Å². The van der Waals surface area contributed by atoms with Crippen LogP contribution < -0.4 is 5.32 Å². The average molecular weight is 385 g/mol. The van der Waals surface area contributed by atoms with Crippen LogP contribution in [0.25, 0.3) is 0 Å². The van der Waals surface area contributed by atoms with Gasteiger partial charge in [0.1, 0.15) is 5.82 Å². The minimum Gasteiger partial charge on any atom is -0.349 e. The van der Waals surface area contributed by atoms with E-state index in [0.717, 1.165) is 18.6 Å². The molecule has 110 valence electrons. The molecule has 1 aromatic rings. The quantitative estimate of drug-likeness (QED) is 0.815. The lowest BCUT2D eigenvalue weighted by atomic mass is 10.1. The van der Waals surface area contributed by atoms with E-state index in [2.05, 4.69) is 21.2 Å². The van der Waals surface area contributed by atoms with Crippen molar-refractivity contribution in [2.75, 3.05) is 0 Å². The van der Waals surface area contributed by atoms with E-state index in [1.165, 1.54) is 0 Å². The summed E-state index contributed by atoms with van der Waals surface area (Å²) in [6.07, 6.45) is 0.803. The summed E-state index contributed by atoms with van der Waals surface area (Å²) in [5.41, 5.74) is -0.349. The third-order valence-corrected chi connectivity index (χ3v) is 5.63. The number of nitrogens with one attached hydrogen (secondary N) is 1. The average Bonchev–Trinajstić information content (AvgIpc) is 2.83. The van der Waals surface area contributed by atoms with E-state index in [1.54, 1.807) is 0 Å². The van der Waals surface area contributed by atoms with Crippen LogP contribution in [0.3, 0.4) is 0 Å². The van der Waals surface area contributed by atoms with E-state index in [1.807, 2.05) is 13.8 Å². The predicted octanol–water partition coefficient (Wildman–Crippen LogP) is 3.04. The molecule has 2 rings (SSSR count). The summed E-state index contributed by atoms with van der Waals surface area (Å²) in [6.45, 7) is 3.95. The van der Waals surface area contributed by atoms with Crippen molar-refractivity contribution in [1.82, 2.24) is 5.32 Å². The molecule has 0 saturated heterocycles. The minimum absolute atomic E-state index is 0.0110. The number of hydrogen-bond acceptors (Lipinski definition) is 3. The van der Waals surface area contributed by atoms with Gasteiger partial charge in [-0.2, -0.15) is 0 Å². The number of rotatable bonds is 3. The standard InChI is InChI=1S/C12H12BrClFNO3S/c1-12(2)5-10(12)16-11(17)6-3-9(20(14,18)19)7(13)4-8(6)15/h3-4,10H,5H2,1-2H3,(H,16,17). The summed E-state index contributed by atoms with van der Waals surface area (Å²) < 4.78 is 36.5. The summed E-state index contributed by atoms with van der Waals surface area (Å²) in [5.74, 6) is -1.45. The minimum atomic E-state index is -4.06. The summed E-state index contributed by atoms with van der Waals surface area (Å²) in [6, 6.07) is 1.82. The van der Waals surface area contributed by atoms with E-state index < -0.39 is 20.8 Å². The number of halogens is 3. The number of hydrogen-bond donors (Lipinski definition) is 1. The molecule has 0 spiro atoms. The van der Waals surface area contributed by atoms with Crippen molar-refractivity contribution in [3.8, 4) is 0 Å². The largest absolute Gasteiger partial charge is 0.349 e. The maximum absolute atomic E-state index is 13.8. The van der Waals surface area contributed by atoms with Gasteiger partial charge >= 0.3 is 0 Å². The Balaban J connectivity index is 2.34. The monoisotopic (exact) mass is 383 g/mol. The van der Waals surface area contributed by atoms with E-state index in [-0.39, 0.29) is 26.4 Å². The third kappa shape index (κ3) is 3.15. The molecule has 0 aliphatic heterocycles. The first-order chi connectivity index (χ1) is 9.02. The van der Waals surface area contributed by atoms with Crippen LogP contribution in [0.15, 0.2) is 21.5 Å². The SMILES string of the molecule is CC1(C)CC1NC(=O)c1cc(S(=O)(=O)Cl)c(Br)cc1F. The maximum Gasteiger partial charge on any atom is 0.262 e. The first-order valence-corrected chi connectivity index (χ1v) is 8.87. The molecule has 1 aromatic carbocycles. The number of carbonyl (C=O) groups excluding carboxylic acids is 1. The van der Waals surface area contributed by atoms with Gasteiger partial charge < -0.3 is 5.32 Å². The lowest BCUT2D eigenvalue weighted by Gasteiger charge is -2.09. The Hall–Kier alpha value is -0.660. The lowest BCUT2D eigenvalue weighted by Crippen LogP contribution is -2.29. The Labute approximate surface area is 129 Å². The van der Waals surface area contributed by atoms with E-state index >= 15 is 0 Å². The highest BCUT2D eigenvalue weighted by molar-refractivity contribution is 9.10.